The van der Waals surface area contributed by atoms with Crippen molar-refractivity contribution in [2.45, 2.75) is 19.4 Å². The number of urea groups is 1. The molecule has 1 aromatic rings. The second-order valence-electron chi connectivity index (χ2n) is 4.94. The molecule has 0 saturated carbocycles. The molecule has 2 rings (SSSR count). The van der Waals surface area contributed by atoms with Crippen LogP contribution in [0.5, 0.6) is 0 Å². The molecule has 3 amide bonds. The van der Waals surface area contributed by atoms with Crippen LogP contribution in [0.3, 0.4) is 0 Å². The van der Waals surface area contributed by atoms with Crippen molar-refractivity contribution in [1.29, 1.82) is 0 Å². The van der Waals surface area contributed by atoms with E-state index in [0.29, 0.717) is 5.56 Å². The third kappa shape index (κ3) is 2.01. The Morgan fingerprint density at radius 2 is 2.06 bits per heavy atom. The first-order valence-corrected chi connectivity index (χ1v) is 5.60. The van der Waals surface area contributed by atoms with E-state index < -0.39 is 11.6 Å². The number of aryl methyl sites for hydroxylation is 1. The van der Waals surface area contributed by atoms with Gasteiger partial charge in [-0.3, -0.25) is 14.5 Å². The molecular weight excluding hydrogens is 234 g/mol. The fourth-order valence-corrected chi connectivity index (χ4v) is 1.86. The molecular formula is C12H15N3O3. The Bertz CT molecular complexity index is 530. The molecule has 0 aromatic carbocycles. The molecule has 1 N–H and O–H groups in total. The fraction of sp³-hybridized carbons (Fsp3) is 0.417. The first-order chi connectivity index (χ1) is 8.31. The van der Waals surface area contributed by atoms with Crippen LogP contribution in [0.2, 0.25) is 0 Å². The number of carbonyl (C=O) groups excluding carboxylic acids is 3. The predicted octanol–water partition coefficient (Wildman–Crippen LogP) is 0.538. The Labute approximate surface area is 105 Å². The lowest BCUT2D eigenvalue weighted by Crippen LogP contribution is -2.41. The van der Waals surface area contributed by atoms with Gasteiger partial charge in [0.15, 0.2) is 5.78 Å². The third-order valence-corrected chi connectivity index (χ3v) is 2.90. The van der Waals surface area contributed by atoms with Crippen LogP contribution >= 0.6 is 0 Å². The number of rotatable bonds is 3. The van der Waals surface area contributed by atoms with E-state index in [1.54, 1.807) is 43.9 Å². The van der Waals surface area contributed by atoms with Crippen LogP contribution in [0.15, 0.2) is 18.5 Å². The molecule has 0 unspecified atom stereocenters. The van der Waals surface area contributed by atoms with Gasteiger partial charge in [-0.15, -0.1) is 0 Å². The van der Waals surface area contributed by atoms with Crippen molar-refractivity contribution in [1.82, 2.24) is 14.8 Å². The summed E-state index contributed by atoms with van der Waals surface area (Å²) in [6, 6.07) is 1.14. The molecule has 0 bridgehead atoms. The molecule has 1 saturated heterocycles. The van der Waals surface area contributed by atoms with Crippen molar-refractivity contribution in [3.05, 3.63) is 24.0 Å². The second kappa shape index (κ2) is 3.97. The molecule has 1 fully saturated rings. The first kappa shape index (κ1) is 12.3. The van der Waals surface area contributed by atoms with Crippen molar-refractivity contribution >= 4 is 17.7 Å². The number of carbonyl (C=O) groups is 3. The minimum Gasteiger partial charge on any atom is -0.357 e. The number of hydrogen-bond donors (Lipinski definition) is 1. The molecule has 6 nitrogen and oxygen atoms in total. The maximum Gasteiger partial charge on any atom is 0.325 e. The third-order valence-electron chi connectivity index (χ3n) is 2.90. The van der Waals surface area contributed by atoms with Crippen LogP contribution in [-0.2, 0) is 11.8 Å². The fourth-order valence-electron chi connectivity index (χ4n) is 1.86. The molecule has 96 valence electrons. The van der Waals surface area contributed by atoms with Gasteiger partial charge in [0.25, 0.3) is 5.91 Å². The summed E-state index contributed by atoms with van der Waals surface area (Å²) in [5, 5.41) is 2.54. The average molecular weight is 249 g/mol. The zero-order valence-electron chi connectivity index (χ0n) is 10.6. The summed E-state index contributed by atoms with van der Waals surface area (Å²) >= 11 is 0. The molecule has 0 radical (unpaired) electrons. The highest BCUT2D eigenvalue weighted by Gasteiger charge is 2.44. The largest absolute Gasteiger partial charge is 0.357 e. The number of Topliss-reactive ketones (excluding diaryl/α,β-unsaturated/α-hetero) is 1. The minimum absolute atomic E-state index is 0.224. The lowest BCUT2D eigenvalue weighted by atomic mass is 10.1. The summed E-state index contributed by atoms with van der Waals surface area (Å²) in [5.41, 5.74) is -0.448. The number of imide groups is 1. The normalized spacial score (nSPS) is 18.1. The number of amides is 3. The van der Waals surface area contributed by atoms with Crippen molar-refractivity contribution in [3.63, 3.8) is 0 Å². The molecule has 0 spiro atoms. The van der Waals surface area contributed by atoms with Gasteiger partial charge in [0.2, 0.25) is 0 Å². The Morgan fingerprint density at radius 3 is 2.50 bits per heavy atom. The minimum atomic E-state index is -0.936. The zero-order chi connectivity index (χ0) is 13.5. The van der Waals surface area contributed by atoms with Gasteiger partial charge in [-0.25, -0.2) is 4.79 Å². The number of nitrogens with one attached hydrogen (secondary N) is 1. The summed E-state index contributed by atoms with van der Waals surface area (Å²) in [4.78, 5) is 36.4. The molecule has 6 heteroatoms. The summed E-state index contributed by atoms with van der Waals surface area (Å²) < 4.78 is 1.74. The van der Waals surface area contributed by atoms with Crippen molar-refractivity contribution < 1.29 is 14.4 Å². The number of hydrogen-bond acceptors (Lipinski definition) is 3. The van der Waals surface area contributed by atoms with Gasteiger partial charge in [-0.2, -0.15) is 0 Å². The topological polar surface area (TPSA) is 71.4 Å². The summed E-state index contributed by atoms with van der Waals surface area (Å²) in [6.45, 7) is 3.00. The van der Waals surface area contributed by atoms with E-state index in [9.17, 15) is 14.4 Å². The van der Waals surface area contributed by atoms with Crippen LogP contribution in [-0.4, -0.2) is 39.3 Å². The van der Waals surface area contributed by atoms with Gasteiger partial charge in [0.1, 0.15) is 5.54 Å². The Kier molecular flexibility index (Phi) is 2.73. The molecule has 0 atom stereocenters. The van der Waals surface area contributed by atoms with Gasteiger partial charge < -0.3 is 9.88 Å². The van der Waals surface area contributed by atoms with Gasteiger partial charge in [0, 0.05) is 25.0 Å². The second-order valence-corrected chi connectivity index (χ2v) is 4.94. The maximum absolute atomic E-state index is 11.9. The highest BCUT2D eigenvalue weighted by atomic mass is 16.2. The van der Waals surface area contributed by atoms with Crippen LogP contribution in [0.1, 0.15) is 24.2 Å². The summed E-state index contributed by atoms with van der Waals surface area (Å²) in [6.07, 6.45) is 3.40. The first-order valence-electron chi connectivity index (χ1n) is 5.60. The predicted molar refractivity (Wildman–Crippen MR) is 64.1 cm³/mol. The SMILES string of the molecule is Cn1ccc(C(=O)CN2C(=O)NC(C)(C)C2=O)c1. The van der Waals surface area contributed by atoms with Gasteiger partial charge in [-0.05, 0) is 19.9 Å². The van der Waals surface area contributed by atoms with E-state index in [1.165, 1.54) is 0 Å². The average Bonchev–Trinajstić information content (AvgIpc) is 2.77. The van der Waals surface area contributed by atoms with E-state index in [-0.39, 0.29) is 18.2 Å². The highest BCUT2D eigenvalue weighted by molar-refractivity contribution is 6.10. The van der Waals surface area contributed by atoms with Crippen LogP contribution < -0.4 is 5.32 Å². The zero-order valence-corrected chi connectivity index (χ0v) is 10.6. The molecule has 1 aliphatic heterocycles. The summed E-state index contributed by atoms with van der Waals surface area (Å²) in [5.74, 6) is -0.631. The number of nitrogens with zero attached hydrogens (tertiary/aromatic N) is 2. The lowest BCUT2D eigenvalue weighted by molar-refractivity contribution is -0.129. The molecule has 18 heavy (non-hydrogen) atoms. The van der Waals surface area contributed by atoms with Crippen molar-refractivity contribution in [2.75, 3.05) is 6.54 Å². The van der Waals surface area contributed by atoms with Crippen molar-refractivity contribution in [3.8, 4) is 0 Å². The monoisotopic (exact) mass is 249 g/mol. The number of aromatic nitrogens is 1. The van der Waals surface area contributed by atoms with E-state index >= 15 is 0 Å². The van der Waals surface area contributed by atoms with E-state index in [2.05, 4.69) is 5.32 Å². The van der Waals surface area contributed by atoms with Crippen molar-refractivity contribution in [2.24, 2.45) is 7.05 Å². The maximum atomic E-state index is 11.9. The Hall–Kier alpha value is -2.11. The van der Waals surface area contributed by atoms with E-state index in [4.69, 9.17) is 0 Å². The molecule has 1 aromatic heterocycles. The van der Waals surface area contributed by atoms with Crippen LogP contribution in [0.25, 0.3) is 0 Å². The standard InChI is InChI=1S/C12H15N3O3/c1-12(2)10(17)15(11(18)13-12)7-9(16)8-4-5-14(3)6-8/h4-6H,7H2,1-3H3,(H,13,18). The van der Waals surface area contributed by atoms with Crippen LogP contribution in [0, 0.1) is 0 Å². The quantitative estimate of drug-likeness (QED) is 0.627. The van der Waals surface area contributed by atoms with Gasteiger partial charge >= 0.3 is 6.03 Å². The molecule has 2 heterocycles. The smallest absolute Gasteiger partial charge is 0.325 e. The van der Waals surface area contributed by atoms with Gasteiger partial charge in [-0.1, -0.05) is 0 Å². The van der Waals surface area contributed by atoms with Crippen LogP contribution in [0.4, 0.5) is 4.79 Å². The molecule has 1 aliphatic rings. The van der Waals surface area contributed by atoms with E-state index in [1.807, 2.05) is 0 Å². The van der Waals surface area contributed by atoms with Gasteiger partial charge in [0.05, 0.1) is 6.54 Å². The number of ketones is 1. The van der Waals surface area contributed by atoms with E-state index in [0.717, 1.165) is 4.90 Å². The Morgan fingerprint density at radius 1 is 1.39 bits per heavy atom. The summed E-state index contributed by atoms with van der Waals surface area (Å²) in [7, 11) is 1.80. The molecule has 0 aliphatic carbocycles. The highest BCUT2D eigenvalue weighted by Crippen LogP contribution is 2.17. The Balaban J connectivity index is 2.13. The lowest BCUT2D eigenvalue weighted by Gasteiger charge is -2.15.